The molecule has 0 aliphatic carbocycles. The summed E-state index contributed by atoms with van der Waals surface area (Å²) in [5.41, 5.74) is 0. The second kappa shape index (κ2) is 10.4. The molecule has 1 fully saturated rings. The lowest BCUT2D eigenvalue weighted by molar-refractivity contribution is 0.534. The first-order chi connectivity index (χ1) is 8.00. The summed E-state index contributed by atoms with van der Waals surface area (Å²) in [6.45, 7) is 4.56. The highest BCUT2D eigenvalue weighted by molar-refractivity contribution is 7.07. The van der Waals surface area contributed by atoms with Gasteiger partial charge in [0.15, 0.2) is 0 Å². The van der Waals surface area contributed by atoms with E-state index in [-0.39, 0.29) is 0 Å². The molecule has 1 aliphatic rings. The van der Waals surface area contributed by atoms with E-state index in [1.807, 2.05) is 35.0 Å². The predicted octanol–water partition coefficient (Wildman–Crippen LogP) is 2.21. The van der Waals surface area contributed by atoms with Crippen molar-refractivity contribution < 1.29 is 4.42 Å². The quantitative estimate of drug-likeness (QED) is 0.739. The number of hydrogen-bond acceptors (Lipinski definition) is 4. The Morgan fingerprint density at radius 3 is 1.44 bits per heavy atom. The average molecular weight is 238 g/mol. The van der Waals surface area contributed by atoms with E-state index in [4.69, 9.17) is 0 Å². The van der Waals surface area contributed by atoms with E-state index in [0.29, 0.717) is 0 Å². The number of furan rings is 1. The first kappa shape index (κ1) is 13.0. The summed E-state index contributed by atoms with van der Waals surface area (Å²) < 4.78 is 4.58. The summed E-state index contributed by atoms with van der Waals surface area (Å²) in [5.74, 6) is 0. The molecule has 16 heavy (non-hydrogen) atoms. The van der Waals surface area contributed by atoms with Gasteiger partial charge >= 0.3 is 0 Å². The Labute approximate surface area is 100 Å². The third kappa shape index (κ3) is 8.23. The molecule has 0 amide bonds. The van der Waals surface area contributed by atoms with E-state index in [1.165, 1.54) is 0 Å². The molecule has 2 aromatic heterocycles. The normalized spacial score (nSPS) is 14.0. The molecular formula is C12H18N2OS. The van der Waals surface area contributed by atoms with Gasteiger partial charge in [-0.3, -0.25) is 0 Å². The topological polar surface area (TPSA) is 37.2 Å². The number of hydrogen-bond donors (Lipinski definition) is 2. The summed E-state index contributed by atoms with van der Waals surface area (Å²) >= 11 is 1.71. The molecule has 0 atom stereocenters. The van der Waals surface area contributed by atoms with Crippen molar-refractivity contribution in [3.05, 3.63) is 47.6 Å². The van der Waals surface area contributed by atoms with Crippen molar-refractivity contribution in [1.29, 1.82) is 0 Å². The summed E-state index contributed by atoms with van der Waals surface area (Å²) in [6.07, 6.45) is 3.25. The minimum atomic E-state index is 1.14. The van der Waals surface area contributed by atoms with Crippen LogP contribution in [0.25, 0.3) is 0 Å². The zero-order valence-electron chi connectivity index (χ0n) is 9.26. The molecule has 1 saturated heterocycles. The van der Waals surface area contributed by atoms with Crippen molar-refractivity contribution in [2.24, 2.45) is 0 Å². The van der Waals surface area contributed by atoms with Gasteiger partial charge in [0, 0.05) is 26.2 Å². The zero-order valence-corrected chi connectivity index (χ0v) is 10.1. The van der Waals surface area contributed by atoms with Gasteiger partial charge in [-0.15, -0.1) is 0 Å². The van der Waals surface area contributed by atoms with Crippen molar-refractivity contribution >= 4 is 11.3 Å². The van der Waals surface area contributed by atoms with E-state index in [2.05, 4.69) is 15.1 Å². The Morgan fingerprint density at radius 1 is 0.750 bits per heavy atom. The number of rotatable bonds is 0. The van der Waals surface area contributed by atoms with Crippen LogP contribution in [0.3, 0.4) is 0 Å². The molecule has 1 aliphatic heterocycles. The Hall–Kier alpha value is -1.10. The van der Waals surface area contributed by atoms with Crippen LogP contribution in [0.2, 0.25) is 0 Å². The van der Waals surface area contributed by atoms with Gasteiger partial charge in [-0.1, -0.05) is 12.1 Å². The lowest BCUT2D eigenvalue weighted by atomic mass is 10.4. The van der Waals surface area contributed by atoms with Crippen LogP contribution < -0.4 is 10.6 Å². The maximum Gasteiger partial charge on any atom is 0.0902 e. The first-order valence-corrected chi connectivity index (χ1v) is 6.30. The molecule has 0 unspecified atom stereocenters. The highest BCUT2D eigenvalue weighted by Crippen LogP contribution is 1.91. The van der Waals surface area contributed by atoms with Gasteiger partial charge in [-0.25, -0.2) is 0 Å². The van der Waals surface area contributed by atoms with Gasteiger partial charge in [0.1, 0.15) is 0 Å². The molecule has 0 aromatic carbocycles. The van der Waals surface area contributed by atoms with E-state index < -0.39 is 0 Å². The SMILES string of the molecule is C1CNCCN1.c1ccoc1.c1ccsc1. The standard InChI is InChI=1S/C4H10N2.C4H4O.C4H4S/c1-2-6-4-3-5-1;2*1-2-4-5-3-1/h5-6H,1-4H2;2*1-4H. The molecule has 0 bridgehead atoms. The molecule has 0 radical (unpaired) electrons. The van der Waals surface area contributed by atoms with Gasteiger partial charge in [-0.2, -0.15) is 11.3 Å². The summed E-state index contributed by atoms with van der Waals surface area (Å²) in [6, 6.07) is 7.70. The van der Waals surface area contributed by atoms with Gasteiger partial charge in [0.25, 0.3) is 0 Å². The third-order valence-corrected chi connectivity index (χ3v) is 2.44. The first-order valence-electron chi connectivity index (χ1n) is 5.36. The van der Waals surface area contributed by atoms with E-state index in [9.17, 15) is 0 Å². The Morgan fingerprint density at radius 2 is 1.25 bits per heavy atom. The molecule has 0 spiro atoms. The second-order valence-corrected chi connectivity index (χ2v) is 3.90. The van der Waals surface area contributed by atoms with Gasteiger partial charge in [-0.05, 0) is 22.9 Å². The minimum Gasteiger partial charge on any atom is -0.473 e. The summed E-state index contributed by atoms with van der Waals surface area (Å²) in [5, 5.41) is 10.5. The number of piperazine rings is 1. The van der Waals surface area contributed by atoms with E-state index >= 15 is 0 Å². The molecule has 88 valence electrons. The van der Waals surface area contributed by atoms with Crippen molar-refractivity contribution in [3.8, 4) is 0 Å². The van der Waals surface area contributed by atoms with Gasteiger partial charge < -0.3 is 15.1 Å². The fourth-order valence-electron chi connectivity index (χ4n) is 1.06. The summed E-state index contributed by atoms with van der Waals surface area (Å²) in [4.78, 5) is 0. The highest BCUT2D eigenvalue weighted by atomic mass is 32.1. The zero-order chi connectivity index (χ0) is 11.3. The molecule has 3 nitrogen and oxygen atoms in total. The van der Waals surface area contributed by atoms with Gasteiger partial charge in [0.05, 0.1) is 12.5 Å². The second-order valence-electron chi connectivity index (χ2n) is 3.09. The Bertz CT molecular complexity index is 218. The van der Waals surface area contributed by atoms with Crippen LogP contribution >= 0.6 is 11.3 Å². The van der Waals surface area contributed by atoms with Crippen LogP contribution in [0.4, 0.5) is 0 Å². The smallest absolute Gasteiger partial charge is 0.0902 e. The number of thiophene rings is 1. The van der Waals surface area contributed by atoms with Crippen LogP contribution in [-0.4, -0.2) is 26.2 Å². The lowest BCUT2D eigenvalue weighted by Gasteiger charge is -2.11. The van der Waals surface area contributed by atoms with Crippen LogP contribution in [0.5, 0.6) is 0 Å². The Balaban J connectivity index is 0.000000121. The molecule has 3 heterocycles. The lowest BCUT2D eigenvalue weighted by Crippen LogP contribution is -2.39. The van der Waals surface area contributed by atoms with E-state index in [1.54, 1.807) is 23.9 Å². The van der Waals surface area contributed by atoms with Crippen molar-refractivity contribution in [3.63, 3.8) is 0 Å². The fourth-order valence-corrected chi connectivity index (χ4v) is 1.51. The maximum absolute atomic E-state index is 4.58. The highest BCUT2D eigenvalue weighted by Gasteiger charge is 1.91. The Kier molecular flexibility index (Phi) is 8.44. The monoisotopic (exact) mass is 238 g/mol. The van der Waals surface area contributed by atoms with Crippen molar-refractivity contribution in [2.45, 2.75) is 0 Å². The predicted molar refractivity (Wildman–Crippen MR) is 68.8 cm³/mol. The average Bonchev–Trinajstić information content (AvgIpc) is 3.10. The summed E-state index contributed by atoms with van der Waals surface area (Å²) in [7, 11) is 0. The molecule has 4 heteroatoms. The van der Waals surface area contributed by atoms with Crippen LogP contribution in [-0.2, 0) is 0 Å². The molecule has 0 saturated carbocycles. The fraction of sp³-hybridized carbons (Fsp3) is 0.333. The number of nitrogens with one attached hydrogen (secondary N) is 2. The molecule has 2 N–H and O–H groups in total. The maximum atomic E-state index is 4.58. The van der Waals surface area contributed by atoms with Crippen LogP contribution in [0.15, 0.2) is 52.0 Å². The van der Waals surface area contributed by atoms with Crippen LogP contribution in [0.1, 0.15) is 0 Å². The third-order valence-electron chi connectivity index (χ3n) is 1.81. The molecular weight excluding hydrogens is 220 g/mol. The minimum absolute atomic E-state index is 1.14. The molecule has 3 rings (SSSR count). The van der Waals surface area contributed by atoms with Crippen LogP contribution in [0, 0.1) is 0 Å². The largest absolute Gasteiger partial charge is 0.473 e. The van der Waals surface area contributed by atoms with E-state index in [0.717, 1.165) is 26.2 Å². The van der Waals surface area contributed by atoms with Crippen molar-refractivity contribution in [2.75, 3.05) is 26.2 Å². The molecule has 2 aromatic rings. The van der Waals surface area contributed by atoms with Crippen molar-refractivity contribution in [1.82, 2.24) is 10.6 Å². The van der Waals surface area contributed by atoms with Gasteiger partial charge in [0.2, 0.25) is 0 Å².